The Morgan fingerprint density at radius 1 is 1.09 bits per heavy atom. The van der Waals surface area contributed by atoms with Gasteiger partial charge in [-0.25, -0.2) is 0 Å². The molecule has 0 radical (unpaired) electrons. The van der Waals surface area contributed by atoms with Crippen molar-refractivity contribution >= 4 is 0 Å². The smallest absolute Gasteiger partial charge is 0.0543 e. The second-order valence-electron chi connectivity index (χ2n) is 2.89. The molecule has 0 aliphatic carbocycles. The van der Waals surface area contributed by atoms with Crippen LogP contribution in [0.4, 0.5) is 0 Å². The van der Waals surface area contributed by atoms with Crippen molar-refractivity contribution in [2.75, 3.05) is 20.8 Å². The van der Waals surface area contributed by atoms with Crippen LogP contribution in [-0.4, -0.2) is 26.9 Å². The Kier molecular flexibility index (Phi) is 7.96. The van der Waals surface area contributed by atoms with E-state index in [2.05, 4.69) is 6.92 Å². The van der Waals surface area contributed by atoms with Crippen molar-refractivity contribution in [1.29, 1.82) is 0 Å². The molecule has 1 unspecified atom stereocenters. The van der Waals surface area contributed by atoms with Crippen LogP contribution in [0.15, 0.2) is 0 Å². The first-order valence-corrected chi connectivity index (χ1v) is 4.33. The third-order valence-corrected chi connectivity index (χ3v) is 1.86. The van der Waals surface area contributed by atoms with E-state index in [0.717, 1.165) is 6.61 Å². The third-order valence-electron chi connectivity index (χ3n) is 1.86. The summed E-state index contributed by atoms with van der Waals surface area (Å²) in [6.45, 7) is 3.00. The van der Waals surface area contributed by atoms with Gasteiger partial charge in [0, 0.05) is 20.8 Å². The zero-order chi connectivity index (χ0) is 8.53. The number of unbranched alkanes of at least 4 members (excludes halogenated alkanes) is 2. The maximum atomic E-state index is 5.13. The first-order chi connectivity index (χ1) is 5.31. The molecule has 0 spiro atoms. The molecule has 0 amide bonds. The summed E-state index contributed by atoms with van der Waals surface area (Å²) in [5.74, 6) is 0. The minimum atomic E-state index is 0.414. The topological polar surface area (TPSA) is 18.5 Å². The number of rotatable bonds is 7. The second kappa shape index (κ2) is 8.02. The summed E-state index contributed by atoms with van der Waals surface area (Å²) in [6, 6.07) is 0. The lowest BCUT2D eigenvalue weighted by atomic mass is 10.1. The highest BCUT2D eigenvalue weighted by atomic mass is 16.5. The molecule has 0 bridgehead atoms. The predicted molar refractivity (Wildman–Crippen MR) is 46.8 cm³/mol. The third kappa shape index (κ3) is 7.82. The normalized spacial score (nSPS) is 13.4. The standard InChI is InChI=1S/C9H20O2/c1-9(11-3)7-5-4-6-8-10-2/h9H,4-8H2,1-3H3. The zero-order valence-electron chi connectivity index (χ0n) is 7.93. The summed E-state index contributed by atoms with van der Waals surface area (Å²) in [7, 11) is 3.51. The molecule has 0 rings (SSSR count). The Morgan fingerprint density at radius 2 is 1.82 bits per heavy atom. The van der Waals surface area contributed by atoms with Crippen molar-refractivity contribution in [2.24, 2.45) is 0 Å². The van der Waals surface area contributed by atoms with Crippen LogP contribution >= 0.6 is 0 Å². The fourth-order valence-corrected chi connectivity index (χ4v) is 0.973. The van der Waals surface area contributed by atoms with Gasteiger partial charge in [-0.05, 0) is 19.8 Å². The van der Waals surface area contributed by atoms with Crippen LogP contribution in [0.1, 0.15) is 32.6 Å². The molecule has 68 valence electrons. The van der Waals surface area contributed by atoms with Crippen LogP contribution in [0.3, 0.4) is 0 Å². The Hall–Kier alpha value is -0.0800. The molecule has 2 nitrogen and oxygen atoms in total. The fourth-order valence-electron chi connectivity index (χ4n) is 0.973. The van der Waals surface area contributed by atoms with Crippen molar-refractivity contribution in [3.05, 3.63) is 0 Å². The van der Waals surface area contributed by atoms with Gasteiger partial charge < -0.3 is 9.47 Å². The Bertz CT molecular complexity index is 74.0. The van der Waals surface area contributed by atoms with E-state index in [4.69, 9.17) is 9.47 Å². The molecule has 0 saturated carbocycles. The average Bonchev–Trinajstić information content (AvgIpc) is 2.04. The van der Waals surface area contributed by atoms with Gasteiger partial charge in [-0.2, -0.15) is 0 Å². The molecule has 0 aromatic carbocycles. The zero-order valence-corrected chi connectivity index (χ0v) is 7.93. The van der Waals surface area contributed by atoms with E-state index in [-0.39, 0.29) is 0 Å². The van der Waals surface area contributed by atoms with Gasteiger partial charge in [0.1, 0.15) is 0 Å². The van der Waals surface area contributed by atoms with E-state index in [1.54, 1.807) is 14.2 Å². The van der Waals surface area contributed by atoms with Gasteiger partial charge in [0.05, 0.1) is 6.10 Å². The molecular weight excluding hydrogens is 140 g/mol. The molecule has 0 fully saturated rings. The molecule has 0 N–H and O–H groups in total. The first-order valence-electron chi connectivity index (χ1n) is 4.33. The van der Waals surface area contributed by atoms with Crippen molar-refractivity contribution in [3.63, 3.8) is 0 Å². The maximum absolute atomic E-state index is 5.13. The van der Waals surface area contributed by atoms with Crippen LogP contribution in [-0.2, 0) is 9.47 Å². The van der Waals surface area contributed by atoms with E-state index < -0.39 is 0 Å². The van der Waals surface area contributed by atoms with Crippen LogP contribution < -0.4 is 0 Å². The van der Waals surface area contributed by atoms with E-state index in [9.17, 15) is 0 Å². The first kappa shape index (κ1) is 10.9. The lowest BCUT2D eigenvalue weighted by Gasteiger charge is -2.07. The maximum Gasteiger partial charge on any atom is 0.0543 e. The highest BCUT2D eigenvalue weighted by Crippen LogP contribution is 2.05. The van der Waals surface area contributed by atoms with Crippen LogP contribution in [0.2, 0.25) is 0 Å². The Morgan fingerprint density at radius 3 is 2.36 bits per heavy atom. The number of ether oxygens (including phenoxy) is 2. The monoisotopic (exact) mass is 160 g/mol. The largest absolute Gasteiger partial charge is 0.385 e. The summed E-state index contributed by atoms with van der Waals surface area (Å²) in [6.07, 6.45) is 5.25. The van der Waals surface area contributed by atoms with Gasteiger partial charge in [-0.3, -0.25) is 0 Å². The predicted octanol–water partition coefficient (Wildman–Crippen LogP) is 2.23. The van der Waals surface area contributed by atoms with E-state index in [1.165, 1.54) is 25.7 Å². The van der Waals surface area contributed by atoms with E-state index >= 15 is 0 Å². The van der Waals surface area contributed by atoms with Gasteiger partial charge in [-0.15, -0.1) is 0 Å². The Balaban J connectivity index is 2.89. The quantitative estimate of drug-likeness (QED) is 0.532. The van der Waals surface area contributed by atoms with Gasteiger partial charge in [0.25, 0.3) is 0 Å². The average molecular weight is 160 g/mol. The molecule has 11 heavy (non-hydrogen) atoms. The van der Waals surface area contributed by atoms with Crippen molar-refractivity contribution < 1.29 is 9.47 Å². The fraction of sp³-hybridized carbons (Fsp3) is 1.00. The molecular formula is C9H20O2. The molecule has 2 heteroatoms. The minimum Gasteiger partial charge on any atom is -0.385 e. The SMILES string of the molecule is COCCCCCC(C)OC. The Labute approximate surface area is 69.9 Å². The molecule has 0 heterocycles. The van der Waals surface area contributed by atoms with Crippen molar-refractivity contribution in [3.8, 4) is 0 Å². The van der Waals surface area contributed by atoms with Gasteiger partial charge >= 0.3 is 0 Å². The summed E-state index contributed by atoms with van der Waals surface area (Å²) in [5, 5.41) is 0. The highest BCUT2D eigenvalue weighted by molar-refractivity contribution is 4.49. The van der Waals surface area contributed by atoms with Crippen molar-refractivity contribution in [2.45, 2.75) is 38.7 Å². The van der Waals surface area contributed by atoms with Gasteiger partial charge in [-0.1, -0.05) is 12.8 Å². The summed E-state index contributed by atoms with van der Waals surface area (Å²) >= 11 is 0. The van der Waals surface area contributed by atoms with Gasteiger partial charge in [0.15, 0.2) is 0 Å². The second-order valence-corrected chi connectivity index (χ2v) is 2.89. The summed E-state index contributed by atoms with van der Waals surface area (Å²) in [5.41, 5.74) is 0. The molecule has 0 aliphatic rings. The lowest BCUT2D eigenvalue weighted by Crippen LogP contribution is -2.03. The molecule has 0 aromatic heterocycles. The minimum absolute atomic E-state index is 0.414. The molecule has 1 atom stereocenters. The number of hydrogen-bond acceptors (Lipinski definition) is 2. The van der Waals surface area contributed by atoms with E-state index in [0.29, 0.717) is 6.10 Å². The summed E-state index contributed by atoms with van der Waals surface area (Å²) < 4.78 is 10.1. The van der Waals surface area contributed by atoms with Crippen molar-refractivity contribution in [1.82, 2.24) is 0 Å². The van der Waals surface area contributed by atoms with Crippen LogP contribution in [0.25, 0.3) is 0 Å². The number of hydrogen-bond donors (Lipinski definition) is 0. The molecule has 0 saturated heterocycles. The van der Waals surface area contributed by atoms with Crippen LogP contribution in [0.5, 0.6) is 0 Å². The number of methoxy groups -OCH3 is 2. The molecule has 0 aliphatic heterocycles. The summed E-state index contributed by atoms with van der Waals surface area (Å²) in [4.78, 5) is 0. The highest BCUT2D eigenvalue weighted by Gasteiger charge is 1.97. The molecule has 0 aromatic rings. The van der Waals surface area contributed by atoms with Crippen LogP contribution in [0, 0.1) is 0 Å². The van der Waals surface area contributed by atoms with Gasteiger partial charge in [0.2, 0.25) is 0 Å². The van der Waals surface area contributed by atoms with E-state index in [1.807, 2.05) is 0 Å². The lowest BCUT2D eigenvalue weighted by molar-refractivity contribution is 0.107.